The van der Waals surface area contributed by atoms with Crippen LogP contribution in [-0.4, -0.2) is 10.8 Å². The highest BCUT2D eigenvalue weighted by Crippen LogP contribution is 2.38. The molecule has 0 radical (unpaired) electrons. The van der Waals surface area contributed by atoms with Gasteiger partial charge in [-0.05, 0) is 37.8 Å². The van der Waals surface area contributed by atoms with Crippen LogP contribution in [0.5, 0.6) is 0 Å². The lowest BCUT2D eigenvalue weighted by Gasteiger charge is -2.09. The minimum Gasteiger partial charge on any atom is -0.322 e. The van der Waals surface area contributed by atoms with Gasteiger partial charge in [0, 0.05) is 17.8 Å². The van der Waals surface area contributed by atoms with Gasteiger partial charge in [-0.1, -0.05) is 0 Å². The van der Waals surface area contributed by atoms with E-state index < -0.39 is 0 Å². The summed E-state index contributed by atoms with van der Waals surface area (Å²) in [5.41, 5.74) is 7.53. The van der Waals surface area contributed by atoms with E-state index >= 15 is 0 Å². The SMILES string of the molecule is CC(=O)c1ccc([C@H](N)C2CC2)nc1. The van der Waals surface area contributed by atoms with E-state index in [0.29, 0.717) is 11.5 Å². The van der Waals surface area contributed by atoms with E-state index in [1.165, 1.54) is 19.8 Å². The van der Waals surface area contributed by atoms with Gasteiger partial charge in [0.1, 0.15) is 0 Å². The Morgan fingerprint density at radius 3 is 2.71 bits per heavy atom. The number of ketones is 1. The Labute approximate surface area is 83.3 Å². The summed E-state index contributed by atoms with van der Waals surface area (Å²) in [5.74, 6) is 0.648. The molecule has 0 bridgehead atoms. The summed E-state index contributed by atoms with van der Waals surface area (Å²) in [5, 5.41) is 0. The molecule has 1 heterocycles. The van der Waals surface area contributed by atoms with Gasteiger partial charge in [0.15, 0.2) is 5.78 Å². The van der Waals surface area contributed by atoms with Crippen LogP contribution in [0, 0.1) is 5.92 Å². The number of hydrogen-bond acceptors (Lipinski definition) is 3. The largest absolute Gasteiger partial charge is 0.322 e. The fourth-order valence-electron chi connectivity index (χ4n) is 1.51. The fraction of sp³-hybridized carbons (Fsp3) is 0.455. The molecular formula is C11H14N2O. The van der Waals surface area contributed by atoms with Crippen LogP contribution in [0.2, 0.25) is 0 Å². The van der Waals surface area contributed by atoms with E-state index in [4.69, 9.17) is 5.73 Å². The number of carbonyl (C=O) groups is 1. The van der Waals surface area contributed by atoms with Gasteiger partial charge in [-0.25, -0.2) is 0 Å². The minimum atomic E-state index is 0.0454. The zero-order chi connectivity index (χ0) is 10.1. The first kappa shape index (κ1) is 9.34. The van der Waals surface area contributed by atoms with Gasteiger partial charge in [0.25, 0.3) is 0 Å². The molecule has 2 rings (SSSR count). The molecule has 2 N–H and O–H groups in total. The third kappa shape index (κ3) is 1.82. The number of nitrogens with two attached hydrogens (primary N) is 1. The zero-order valence-electron chi connectivity index (χ0n) is 8.23. The minimum absolute atomic E-state index is 0.0454. The van der Waals surface area contributed by atoms with E-state index in [2.05, 4.69) is 4.98 Å². The number of rotatable bonds is 3. The predicted octanol–water partition coefficient (Wildman–Crippen LogP) is 1.69. The molecule has 0 saturated heterocycles. The second-order valence-corrected chi connectivity index (χ2v) is 3.89. The van der Waals surface area contributed by atoms with Crippen LogP contribution in [0.4, 0.5) is 0 Å². The molecule has 3 heteroatoms. The molecule has 1 fully saturated rings. The Kier molecular flexibility index (Phi) is 2.33. The van der Waals surface area contributed by atoms with Gasteiger partial charge in [-0.15, -0.1) is 0 Å². The lowest BCUT2D eigenvalue weighted by Crippen LogP contribution is -2.14. The van der Waals surface area contributed by atoms with E-state index in [1.807, 2.05) is 6.07 Å². The summed E-state index contributed by atoms with van der Waals surface area (Å²) in [4.78, 5) is 15.2. The maximum atomic E-state index is 11.0. The van der Waals surface area contributed by atoms with E-state index in [1.54, 1.807) is 12.3 Å². The van der Waals surface area contributed by atoms with Crippen molar-refractivity contribution in [2.75, 3.05) is 0 Å². The molecule has 0 aromatic carbocycles. The van der Waals surface area contributed by atoms with Crippen LogP contribution in [0.1, 0.15) is 41.9 Å². The van der Waals surface area contributed by atoms with Crippen LogP contribution in [0.15, 0.2) is 18.3 Å². The van der Waals surface area contributed by atoms with E-state index in [9.17, 15) is 4.79 Å². The molecule has 1 atom stereocenters. The molecule has 0 spiro atoms. The first-order chi connectivity index (χ1) is 6.68. The maximum Gasteiger partial charge on any atom is 0.161 e. The first-order valence-electron chi connectivity index (χ1n) is 4.91. The smallest absolute Gasteiger partial charge is 0.161 e. The molecule has 1 aliphatic rings. The van der Waals surface area contributed by atoms with Gasteiger partial charge < -0.3 is 5.73 Å². The molecule has 0 aliphatic heterocycles. The second kappa shape index (κ2) is 3.50. The first-order valence-corrected chi connectivity index (χ1v) is 4.91. The topological polar surface area (TPSA) is 56.0 Å². The van der Waals surface area contributed by atoms with Crippen molar-refractivity contribution in [1.29, 1.82) is 0 Å². The highest BCUT2D eigenvalue weighted by Gasteiger charge is 2.30. The number of aromatic nitrogens is 1. The van der Waals surface area contributed by atoms with Crippen LogP contribution >= 0.6 is 0 Å². The highest BCUT2D eigenvalue weighted by atomic mass is 16.1. The van der Waals surface area contributed by atoms with Crippen molar-refractivity contribution in [2.24, 2.45) is 11.7 Å². The number of pyridine rings is 1. The third-order valence-corrected chi connectivity index (χ3v) is 2.66. The molecule has 1 aromatic heterocycles. The van der Waals surface area contributed by atoms with Crippen molar-refractivity contribution in [1.82, 2.24) is 4.98 Å². The molecule has 1 aromatic rings. The Hall–Kier alpha value is -1.22. The van der Waals surface area contributed by atoms with Crippen LogP contribution < -0.4 is 5.73 Å². The number of carbonyl (C=O) groups excluding carboxylic acids is 1. The molecular weight excluding hydrogens is 176 g/mol. The van der Waals surface area contributed by atoms with Crippen LogP contribution in [0.3, 0.4) is 0 Å². The zero-order valence-corrected chi connectivity index (χ0v) is 8.23. The monoisotopic (exact) mass is 190 g/mol. The summed E-state index contributed by atoms with van der Waals surface area (Å²) < 4.78 is 0. The number of nitrogens with zero attached hydrogens (tertiary/aromatic N) is 1. The van der Waals surface area contributed by atoms with Gasteiger partial charge in [-0.2, -0.15) is 0 Å². The van der Waals surface area contributed by atoms with Gasteiger partial charge >= 0.3 is 0 Å². The van der Waals surface area contributed by atoms with Crippen molar-refractivity contribution in [3.05, 3.63) is 29.6 Å². The van der Waals surface area contributed by atoms with Crippen molar-refractivity contribution < 1.29 is 4.79 Å². The van der Waals surface area contributed by atoms with E-state index in [-0.39, 0.29) is 11.8 Å². The van der Waals surface area contributed by atoms with Crippen molar-refractivity contribution >= 4 is 5.78 Å². The quantitative estimate of drug-likeness (QED) is 0.738. The maximum absolute atomic E-state index is 11.0. The highest BCUT2D eigenvalue weighted by molar-refractivity contribution is 5.93. The average Bonchev–Trinajstić information content (AvgIpc) is 3.00. The summed E-state index contributed by atoms with van der Waals surface area (Å²) in [6.07, 6.45) is 4.02. The van der Waals surface area contributed by atoms with Crippen LogP contribution in [-0.2, 0) is 0 Å². The van der Waals surface area contributed by atoms with Crippen LogP contribution in [0.25, 0.3) is 0 Å². The van der Waals surface area contributed by atoms with Crippen molar-refractivity contribution in [2.45, 2.75) is 25.8 Å². The molecule has 14 heavy (non-hydrogen) atoms. The Bertz CT molecular complexity index is 341. The Balaban J connectivity index is 2.16. The normalized spacial score (nSPS) is 17.9. The summed E-state index contributed by atoms with van der Waals surface area (Å²) >= 11 is 0. The number of Topliss-reactive ketones (excluding diaryl/α,β-unsaturated/α-hetero) is 1. The predicted molar refractivity (Wildman–Crippen MR) is 53.9 cm³/mol. The summed E-state index contributed by atoms with van der Waals surface area (Å²) in [6, 6.07) is 3.71. The van der Waals surface area contributed by atoms with Crippen molar-refractivity contribution in [3.8, 4) is 0 Å². The molecule has 0 amide bonds. The summed E-state index contributed by atoms with van der Waals surface area (Å²) in [7, 11) is 0. The molecule has 1 saturated carbocycles. The molecule has 3 nitrogen and oxygen atoms in total. The standard InChI is InChI=1S/C11H14N2O/c1-7(14)9-4-5-10(13-6-9)11(12)8-2-3-8/h4-6,8,11H,2-3,12H2,1H3/t11-/m1/s1. The number of hydrogen-bond donors (Lipinski definition) is 1. The Morgan fingerprint density at radius 1 is 1.57 bits per heavy atom. The Morgan fingerprint density at radius 2 is 2.29 bits per heavy atom. The molecule has 74 valence electrons. The molecule has 1 aliphatic carbocycles. The van der Waals surface area contributed by atoms with Gasteiger partial charge in [0.05, 0.1) is 5.69 Å². The van der Waals surface area contributed by atoms with Gasteiger partial charge in [-0.3, -0.25) is 9.78 Å². The lowest BCUT2D eigenvalue weighted by molar-refractivity contribution is 0.101. The van der Waals surface area contributed by atoms with Gasteiger partial charge in [0.2, 0.25) is 0 Å². The van der Waals surface area contributed by atoms with Crippen molar-refractivity contribution in [3.63, 3.8) is 0 Å². The fourth-order valence-corrected chi connectivity index (χ4v) is 1.51. The summed E-state index contributed by atoms with van der Waals surface area (Å²) in [6.45, 7) is 1.54. The molecule has 0 unspecified atom stereocenters. The van der Waals surface area contributed by atoms with E-state index in [0.717, 1.165) is 5.69 Å². The average molecular weight is 190 g/mol. The lowest BCUT2D eigenvalue weighted by atomic mass is 10.1. The third-order valence-electron chi connectivity index (χ3n) is 2.66. The second-order valence-electron chi connectivity index (χ2n) is 3.89.